The number of nitrogens with zero attached hydrogens (tertiary/aromatic N) is 1. The number of nitrogens with one attached hydrogen (secondary N) is 1. The number of amides is 1. The van der Waals surface area contributed by atoms with Crippen LogP contribution in [0.1, 0.15) is 34.9 Å². The third-order valence-electron chi connectivity index (χ3n) is 6.57. The van der Waals surface area contributed by atoms with Gasteiger partial charge in [0.25, 0.3) is 5.91 Å². The lowest BCUT2D eigenvalue weighted by molar-refractivity contribution is -0.111. The van der Waals surface area contributed by atoms with Gasteiger partial charge in [-0.2, -0.15) is 0 Å². The van der Waals surface area contributed by atoms with Crippen molar-refractivity contribution in [3.63, 3.8) is 0 Å². The van der Waals surface area contributed by atoms with E-state index in [1.54, 1.807) is 17.4 Å². The summed E-state index contributed by atoms with van der Waals surface area (Å²) in [6.45, 7) is 0.608. The van der Waals surface area contributed by atoms with E-state index in [0.29, 0.717) is 18.0 Å². The molecule has 1 fully saturated rings. The average Bonchev–Trinajstić information content (AvgIpc) is 3.63. The maximum Gasteiger partial charge on any atom is 0.257 e. The molecule has 0 saturated heterocycles. The van der Waals surface area contributed by atoms with E-state index < -0.39 is 0 Å². The predicted octanol–water partition coefficient (Wildman–Crippen LogP) is 7.21. The van der Waals surface area contributed by atoms with Crippen molar-refractivity contribution >= 4 is 50.2 Å². The summed E-state index contributed by atoms with van der Waals surface area (Å²) < 4.78 is 1.16. The minimum atomic E-state index is -0.167. The highest BCUT2D eigenvalue weighted by Gasteiger charge is 2.40. The molecule has 2 N–H and O–H groups in total. The Balaban J connectivity index is 1.43. The second-order valence-electron chi connectivity index (χ2n) is 8.92. The Morgan fingerprint density at radius 3 is 2.59 bits per heavy atom. The topological polar surface area (TPSA) is 52.6 Å². The number of halogens is 1. The summed E-state index contributed by atoms with van der Waals surface area (Å²) in [5.41, 5.74) is 3.22. The molecule has 1 saturated carbocycles. The zero-order valence-corrected chi connectivity index (χ0v) is 19.9. The van der Waals surface area contributed by atoms with Crippen LogP contribution in [0.25, 0.3) is 15.7 Å². The summed E-state index contributed by atoms with van der Waals surface area (Å²) in [5.74, 6) is 0.539. The monoisotopic (exact) mass is 486 g/mol. The van der Waals surface area contributed by atoms with Crippen molar-refractivity contribution in [3.05, 3.63) is 100 Å². The third kappa shape index (κ3) is 3.85. The predicted molar refractivity (Wildman–Crippen MR) is 139 cm³/mol. The molecule has 2 heterocycles. The molecule has 6 heteroatoms. The second kappa shape index (κ2) is 8.49. The van der Waals surface area contributed by atoms with Gasteiger partial charge in [0.1, 0.15) is 5.75 Å². The van der Waals surface area contributed by atoms with Gasteiger partial charge in [0.15, 0.2) is 0 Å². The van der Waals surface area contributed by atoms with E-state index in [-0.39, 0.29) is 17.7 Å². The zero-order valence-electron chi connectivity index (χ0n) is 18.4. The highest BCUT2D eigenvalue weighted by atomic mass is 35.5. The van der Waals surface area contributed by atoms with Crippen LogP contribution in [-0.2, 0) is 11.3 Å². The molecule has 3 aromatic carbocycles. The van der Waals surface area contributed by atoms with Crippen molar-refractivity contribution in [1.29, 1.82) is 0 Å². The number of benzene rings is 3. The van der Waals surface area contributed by atoms with Crippen molar-refractivity contribution in [3.8, 4) is 5.75 Å². The first-order valence-corrected chi connectivity index (χ1v) is 12.6. The molecular weight excluding hydrogens is 464 g/mol. The van der Waals surface area contributed by atoms with E-state index in [2.05, 4.69) is 16.3 Å². The molecule has 0 radical (unpaired) electrons. The SMILES string of the molecule is O=C(Nc1ccccc1)C1=CN(Cc2sc3ccccc3c2Cl)C(C2CC2)c2cc(O)ccc21. The van der Waals surface area contributed by atoms with E-state index in [0.717, 1.165) is 49.6 Å². The number of hydrogen-bond donors (Lipinski definition) is 2. The third-order valence-corrected chi connectivity index (χ3v) is 8.27. The van der Waals surface area contributed by atoms with Gasteiger partial charge in [-0.3, -0.25) is 4.79 Å². The first kappa shape index (κ1) is 21.3. The van der Waals surface area contributed by atoms with Crippen LogP contribution in [-0.4, -0.2) is 15.9 Å². The first-order chi connectivity index (χ1) is 16.6. The number of anilines is 1. The maximum atomic E-state index is 13.4. The number of hydrogen-bond acceptors (Lipinski definition) is 4. The summed E-state index contributed by atoms with van der Waals surface area (Å²) in [4.78, 5) is 16.7. The van der Waals surface area contributed by atoms with Gasteiger partial charge < -0.3 is 15.3 Å². The number of fused-ring (bicyclic) bond motifs is 2. The van der Waals surface area contributed by atoms with E-state index in [9.17, 15) is 9.90 Å². The lowest BCUT2D eigenvalue weighted by Crippen LogP contribution is -2.31. The number of rotatable bonds is 5. The van der Waals surface area contributed by atoms with Crippen LogP contribution in [0.3, 0.4) is 0 Å². The number of para-hydroxylation sites is 1. The van der Waals surface area contributed by atoms with Gasteiger partial charge in [-0.1, -0.05) is 54.1 Å². The van der Waals surface area contributed by atoms with Gasteiger partial charge in [0.2, 0.25) is 0 Å². The van der Waals surface area contributed by atoms with Crippen LogP contribution >= 0.6 is 22.9 Å². The Hall–Kier alpha value is -3.28. The summed E-state index contributed by atoms with van der Waals surface area (Å²) in [5, 5.41) is 15.2. The van der Waals surface area contributed by atoms with Gasteiger partial charge in [-0.25, -0.2) is 0 Å². The molecule has 34 heavy (non-hydrogen) atoms. The summed E-state index contributed by atoms with van der Waals surface area (Å²) >= 11 is 8.49. The highest BCUT2D eigenvalue weighted by molar-refractivity contribution is 7.19. The van der Waals surface area contributed by atoms with Gasteiger partial charge >= 0.3 is 0 Å². The second-order valence-corrected chi connectivity index (χ2v) is 10.4. The number of carbonyl (C=O) groups is 1. The highest BCUT2D eigenvalue weighted by Crippen LogP contribution is 2.51. The molecule has 6 rings (SSSR count). The normalized spacial score (nSPS) is 17.4. The lowest BCUT2D eigenvalue weighted by Gasteiger charge is -2.37. The van der Waals surface area contributed by atoms with Gasteiger partial charge in [0.05, 0.1) is 23.2 Å². The van der Waals surface area contributed by atoms with Gasteiger partial charge in [-0.15, -0.1) is 11.3 Å². The van der Waals surface area contributed by atoms with Crippen molar-refractivity contribution < 1.29 is 9.90 Å². The Morgan fingerprint density at radius 2 is 1.82 bits per heavy atom. The standard InChI is InChI=1S/C28H23ClN2O2S/c29-26-21-8-4-5-9-24(21)34-25(26)16-31-15-23(28(33)30-18-6-2-1-3-7-18)20-13-12-19(32)14-22(20)27(31)17-10-11-17/h1-9,12-15,17,27,32H,10-11,16H2,(H,30,33). The Bertz CT molecular complexity index is 1430. The molecule has 1 unspecified atom stereocenters. The Labute approximate surface area is 207 Å². The Kier molecular flexibility index (Phi) is 5.31. The number of phenols is 1. The number of aromatic hydroxyl groups is 1. The van der Waals surface area contributed by atoms with Crippen LogP contribution < -0.4 is 5.32 Å². The summed E-state index contributed by atoms with van der Waals surface area (Å²) in [7, 11) is 0. The van der Waals surface area contributed by atoms with E-state index in [4.69, 9.17) is 11.6 Å². The van der Waals surface area contributed by atoms with Crippen molar-refractivity contribution in [2.24, 2.45) is 5.92 Å². The molecule has 4 nitrogen and oxygen atoms in total. The number of thiophene rings is 1. The van der Waals surface area contributed by atoms with Crippen LogP contribution in [0.2, 0.25) is 5.02 Å². The fourth-order valence-corrected chi connectivity index (χ4v) is 6.35. The van der Waals surface area contributed by atoms with Crippen LogP contribution in [0.5, 0.6) is 5.75 Å². The molecular formula is C28H23ClN2O2S. The lowest BCUT2D eigenvalue weighted by atomic mass is 9.87. The van der Waals surface area contributed by atoms with Crippen LogP contribution in [0.15, 0.2) is 79.0 Å². The fraction of sp³-hybridized carbons (Fsp3) is 0.179. The molecule has 1 aromatic heterocycles. The van der Waals surface area contributed by atoms with E-state index >= 15 is 0 Å². The Morgan fingerprint density at radius 1 is 1.06 bits per heavy atom. The van der Waals surface area contributed by atoms with Crippen molar-refractivity contribution in [2.45, 2.75) is 25.4 Å². The van der Waals surface area contributed by atoms with Crippen LogP contribution in [0, 0.1) is 5.92 Å². The van der Waals surface area contributed by atoms with Gasteiger partial charge in [-0.05, 0) is 60.2 Å². The average molecular weight is 487 g/mol. The fourth-order valence-electron chi connectivity index (χ4n) is 4.85. The largest absolute Gasteiger partial charge is 0.508 e. The zero-order chi connectivity index (χ0) is 23.2. The van der Waals surface area contributed by atoms with E-state index in [1.807, 2.05) is 66.9 Å². The van der Waals surface area contributed by atoms with Crippen LogP contribution in [0.4, 0.5) is 5.69 Å². The quantitative estimate of drug-likeness (QED) is 0.313. The molecule has 1 amide bonds. The molecule has 1 aliphatic carbocycles. The number of carbonyl (C=O) groups excluding carboxylic acids is 1. The molecule has 4 aromatic rings. The minimum Gasteiger partial charge on any atom is -0.508 e. The first-order valence-electron chi connectivity index (χ1n) is 11.4. The van der Waals surface area contributed by atoms with Crippen molar-refractivity contribution in [1.82, 2.24) is 4.90 Å². The molecule has 1 atom stereocenters. The van der Waals surface area contributed by atoms with E-state index in [1.165, 1.54) is 0 Å². The minimum absolute atomic E-state index is 0.0941. The number of phenolic OH excluding ortho intramolecular Hbond substituents is 1. The summed E-state index contributed by atoms with van der Waals surface area (Å²) in [6.07, 6.45) is 4.26. The van der Waals surface area contributed by atoms with Crippen molar-refractivity contribution in [2.75, 3.05) is 5.32 Å². The molecule has 1 aliphatic heterocycles. The maximum absolute atomic E-state index is 13.4. The van der Waals surface area contributed by atoms with Gasteiger partial charge in [0, 0.05) is 26.9 Å². The smallest absolute Gasteiger partial charge is 0.257 e. The molecule has 170 valence electrons. The molecule has 0 bridgehead atoms. The summed E-state index contributed by atoms with van der Waals surface area (Å²) in [6, 6.07) is 23.1. The molecule has 2 aliphatic rings. The molecule has 0 spiro atoms.